The second kappa shape index (κ2) is 9.35. The van der Waals surface area contributed by atoms with E-state index in [2.05, 4.69) is 34.5 Å². The lowest BCUT2D eigenvalue weighted by Crippen LogP contribution is -2.43. The fourth-order valence-corrected chi connectivity index (χ4v) is 3.13. The summed E-state index contributed by atoms with van der Waals surface area (Å²) in [7, 11) is 0. The summed E-state index contributed by atoms with van der Waals surface area (Å²) in [5.41, 5.74) is 2.35. The monoisotopic (exact) mass is 338 g/mol. The zero-order valence-corrected chi connectivity index (χ0v) is 14.6. The highest BCUT2D eigenvalue weighted by Gasteiger charge is 2.19. The Balaban J connectivity index is 1.59. The normalized spacial score (nSPS) is 16.3. The van der Waals surface area contributed by atoms with Crippen LogP contribution in [0.5, 0.6) is 0 Å². The first-order valence-electron chi connectivity index (χ1n) is 8.99. The number of rotatable bonds is 7. The van der Waals surface area contributed by atoms with Crippen molar-refractivity contribution in [3.8, 4) is 0 Å². The van der Waals surface area contributed by atoms with Gasteiger partial charge in [0.1, 0.15) is 0 Å². The fraction of sp³-hybridized carbons (Fsp3) is 0.381. The third-order valence-corrected chi connectivity index (χ3v) is 4.57. The first-order chi connectivity index (χ1) is 12.3. The minimum Gasteiger partial charge on any atom is -0.379 e. The molecule has 2 aromatic rings. The Kier molecular flexibility index (Phi) is 6.60. The van der Waals surface area contributed by atoms with Gasteiger partial charge in [0, 0.05) is 26.1 Å². The number of nitrogens with one attached hydrogen (secondary N) is 1. The molecule has 2 aromatic carbocycles. The average molecular weight is 338 g/mol. The number of aryl methyl sites for hydroxylation is 1. The van der Waals surface area contributed by atoms with Crippen molar-refractivity contribution in [2.45, 2.75) is 18.9 Å². The molecule has 4 heteroatoms. The molecule has 1 amide bonds. The maximum absolute atomic E-state index is 12.5. The molecule has 1 aliphatic rings. The van der Waals surface area contributed by atoms with Gasteiger partial charge < -0.3 is 10.1 Å². The summed E-state index contributed by atoms with van der Waals surface area (Å²) in [5, 5.41) is 3.23. The largest absolute Gasteiger partial charge is 0.379 e. The van der Waals surface area contributed by atoms with E-state index < -0.39 is 0 Å². The summed E-state index contributed by atoms with van der Waals surface area (Å²) in [6.07, 6.45) is 1.28. The highest BCUT2D eigenvalue weighted by molar-refractivity contribution is 5.76. The Morgan fingerprint density at radius 1 is 1.00 bits per heavy atom. The highest BCUT2D eigenvalue weighted by Crippen LogP contribution is 2.16. The molecule has 1 fully saturated rings. The smallest absolute Gasteiger partial charge is 0.220 e. The Bertz CT molecular complexity index is 639. The lowest BCUT2D eigenvalue weighted by molar-refractivity contribution is -0.122. The van der Waals surface area contributed by atoms with Crippen LogP contribution in [0.3, 0.4) is 0 Å². The Morgan fingerprint density at radius 3 is 2.32 bits per heavy atom. The molecule has 4 nitrogen and oxygen atoms in total. The third kappa shape index (κ3) is 5.69. The van der Waals surface area contributed by atoms with Gasteiger partial charge in [0.15, 0.2) is 0 Å². The average Bonchev–Trinajstić information content (AvgIpc) is 2.68. The first-order valence-corrected chi connectivity index (χ1v) is 8.99. The van der Waals surface area contributed by atoms with Crippen LogP contribution >= 0.6 is 0 Å². The number of nitrogens with zero attached hydrogens (tertiary/aromatic N) is 1. The predicted octanol–water partition coefficient (Wildman–Crippen LogP) is 2.81. The van der Waals surface area contributed by atoms with Crippen molar-refractivity contribution < 1.29 is 9.53 Å². The van der Waals surface area contributed by atoms with Gasteiger partial charge in [-0.3, -0.25) is 9.69 Å². The maximum atomic E-state index is 12.5. The number of morpholine rings is 1. The Hall–Kier alpha value is -2.17. The van der Waals surface area contributed by atoms with Crippen LogP contribution < -0.4 is 5.32 Å². The summed E-state index contributed by atoms with van der Waals surface area (Å²) >= 11 is 0. The fourth-order valence-electron chi connectivity index (χ4n) is 3.13. The van der Waals surface area contributed by atoms with Crippen molar-refractivity contribution in [1.29, 1.82) is 0 Å². The van der Waals surface area contributed by atoms with E-state index in [4.69, 9.17) is 4.74 Å². The zero-order valence-electron chi connectivity index (χ0n) is 14.6. The van der Waals surface area contributed by atoms with E-state index in [1.54, 1.807) is 0 Å². The van der Waals surface area contributed by atoms with Crippen LogP contribution in [0.15, 0.2) is 60.7 Å². The highest BCUT2D eigenvalue weighted by atomic mass is 16.5. The van der Waals surface area contributed by atoms with Crippen LogP contribution in [0.25, 0.3) is 0 Å². The molecule has 0 aromatic heterocycles. The lowest BCUT2D eigenvalue weighted by Gasteiger charge is -2.31. The van der Waals surface area contributed by atoms with Crippen molar-refractivity contribution in [2.24, 2.45) is 0 Å². The van der Waals surface area contributed by atoms with Crippen LogP contribution in [0.4, 0.5) is 0 Å². The van der Waals surface area contributed by atoms with Crippen LogP contribution in [0.1, 0.15) is 23.6 Å². The van der Waals surface area contributed by atoms with Gasteiger partial charge in [-0.1, -0.05) is 60.7 Å². The van der Waals surface area contributed by atoms with E-state index in [1.807, 2.05) is 36.4 Å². The number of hydrogen-bond donors (Lipinski definition) is 1. The molecule has 1 atom stereocenters. The number of carbonyl (C=O) groups is 1. The minimum absolute atomic E-state index is 0.0163. The number of benzene rings is 2. The molecule has 1 N–H and O–H groups in total. The van der Waals surface area contributed by atoms with Crippen molar-refractivity contribution in [1.82, 2.24) is 10.2 Å². The minimum atomic E-state index is 0.0163. The molecular weight excluding hydrogens is 312 g/mol. The molecular formula is C21H26N2O2. The summed E-state index contributed by atoms with van der Waals surface area (Å²) in [5.74, 6) is 0.103. The van der Waals surface area contributed by atoms with Gasteiger partial charge in [0.2, 0.25) is 5.91 Å². The quantitative estimate of drug-likeness (QED) is 0.844. The number of ether oxygens (including phenoxy) is 1. The summed E-state index contributed by atoms with van der Waals surface area (Å²) < 4.78 is 5.43. The number of carbonyl (C=O) groups excluding carboxylic acids is 1. The summed E-state index contributed by atoms with van der Waals surface area (Å²) in [6, 6.07) is 20.4. The van der Waals surface area contributed by atoms with Crippen molar-refractivity contribution in [3.63, 3.8) is 0 Å². The predicted molar refractivity (Wildman–Crippen MR) is 99.3 cm³/mol. The van der Waals surface area contributed by atoms with Crippen LogP contribution in [-0.4, -0.2) is 43.7 Å². The van der Waals surface area contributed by atoms with E-state index in [1.165, 1.54) is 5.56 Å². The Labute approximate surface area is 149 Å². The molecule has 3 rings (SSSR count). The standard InChI is InChI=1S/C21H26N2O2/c24-21(12-11-18-7-3-1-4-8-18)22-20(19-9-5-2-6-10-19)17-23-13-15-25-16-14-23/h1-10,20H,11-17H2,(H,22,24)/t20-/m1/s1. The van der Waals surface area contributed by atoms with E-state index in [0.717, 1.165) is 44.8 Å². The molecule has 0 radical (unpaired) electrons. The van der Waals surface area contributed by atoms with Crippen LogP contribution in [0, 0.1) is 0 Å². The second-order valence-electron chi connectivity index (χ2n) is 6.43. The summed E-state index contributed by atoms with van der Waals surface area (Å²) in [4.78, 5) is 14.8. The van der Waals surface area contributed by atoms with Gasteiger partial charge >= 0.3 is 0 Å². The molecule has 1 heterocycles. The molecule has 0 aliphatic carbocycles. The molecule has 0 unspecified atom stereocenters. The van der Waals surface area contributed by atoms with Gasteiger partial charge in [-0.25, -0.2) is 0 Å². The molecule has 132 valence electrons. The molecule has 0 saturated carbocycles. The zero-order chi connectivity index (χ0) is 17.3. The van der Waals surface area contributed by atoms with Crippen molar-refractivity contribution >= 4 is 5.91 Å². The molecule has 0 spiro atoms. The van der Waals surface area contributed by atoms with Gasteiger partial charge in [0.25, 0.3) is 0 Å². The third-order valence-electron chi connectivity index (χ3n) is 4.57. The molecule has 0 bridgehead atoms. The topological polar surface area (TPSA) is 41.6 Å². The van der Waals surface area contributed by atoms with Gasteiger partial charge in [-0.05, 0) is 17.5 Å². The van der Waals surface area contributed by atoms with Gasteiger partial charge in [-0.15, -0.1) is 0 Å². The van der Waals surface area contributed by atoms with Crippen molar-refractivity contribution in [2.75, 3.05) is 32.8 Å². The Morgan fingerprint density at radius 2 is 1.64 bits per heavy atom. The second-order valence-corrected chi connectivity index (χ2v) is 6.43. The van der Waals surface area contributed by atoms with Gasteiger partial charge in [0.05, 0.1) is 19.3 Å². The SMILES string of the molecule is O=C(CCc1ccccc1)N[C@H](CN1CCOCC1)c1ccccc1. The molecule has 1 aliphatic heterocycles. The molecule has 25 heavy (non-hydrogen) atoms. The van der Waals surface area contributed by atoms with Gasteiger partial charge in [-0.2, -0.15) is 0 Å². The van der Waals surface area contributed by atoms with E-state index in [-0.39, 0.29) is 11.9 Å². The first kappa shape index (κ1) is 17.6. The van der Waals surface area contributed by atoms with Crippen molar-refractivity contribution in [3.05, 3.63) is 71.8 Å². The van der Waals surface area contributed by atoms with E-state index >= 15 is 0 Å². The van der Waals surface area contributed by atoms with E-state index in [0.29, 0.717) is 6.42 Å². The lowest BCUT2D eigenvalue weighted by atomic mass is 10.0. The van der Waals surface area contributed by atoms with E-state index in [9.17, 15) is 4.79 Å². The summed E-state index contributed by atoms with van der Waals surface area (Å²) in [6.45, 7) is 4.20. The molecule has 1 saturated heterocycles. The van der Waals surface area contributed by atoms with Crippen LogP contribution in [-0.2, 0) is 16.0 Å². The maximum Gasteiger partial charge on any atom is 0.220 e. The number of amides is 1. The number of hydrogen-bond acceptors (Lipinski definition) is 3. The van der Waals surface area contributed by atoms with Crippen LogP contribution in [0.2, 0.25) is 0 Å².